The van der Waals surface area contributed by atoms with E-state index in [4.69, 9.17) is 4.42 Å². The fraction of sp³-hybridized carbons (Fsp3) is 0.500. The molecule has 0 N–H and O–H groups in total. The van der Waals surface area contributed by atoms with Gasteiger partial charge >= 0.3 is 0 Å². The van der Waals surface area contributed by atoms with Crippen molar-refractivity contribution in [3.05, 3.63) is 58.0 Å². The maximum atomic E-state index is 5.76. The van der Waals surface area contributed by atoms with Crippen molar-refractivity contribution in [2.75, 3.05) is 0 Å². The van der Waals surface area contributed by atoms with Gasteiger partial charge in [-0.1, -0.05) is 32.9 Å². The van der Waals surface area contributed by atoms with E-state index in [2.05, 4.69) is 52.0 Å². The van der Waals surface area contributed by atoms with Gasteiger partial charge < -0.3 is 4.42 Å². The van der Waals surface area contributed by atoms with Crippen LogP contribution in [-0.2, 0) is 11.8 Å². The molecule has 0 saturated carbocycles. The molecular weight excluding hydrogens is 256 g/mol. The van der Waals surface area contributed by atoms with E-state index in [1.165, 1.54) is 24.0 Å². The van der Waals surface area contributed by atoms with Crippen molar-refractivity contribution in [1.82, 2.24) is 0 Å². The van der Waals surface area contributed by atoms with E-state index in [0.717, 1.165) is 17.9 Å². The first-order valence-electron chi connectivity index (χ1n) is 8.06. The molecule has 0 radical (unpaired) electrons. The second-order valence-corrected chi connectivity index (χ2v) is 7.38. The van der Waals surface area contributed by atoms with Crippen molar-refractivity contribution in [3.8, 4) is 0 Å². The van der Waals surface area contributed by atoms with Gasteiger partial charge in [0, 0.05) is 6.42 Å². The molecule has 1 aliphatic rings. The van der Waals surface area contributed by atoms with Gasteiger partial charge in [-0.05, 0) is 72.4 Å². The standard InChI is InChI=1S/C20H26O/c1-13-8-9-20(4,5)19-12-16(14(2)10-18(13)19)11-17-7-6-15(3)21-17/h6-7,10,12-13H,8-9,11H2,1-5H3. The Bertz CT molecular complexity index is 660. The van der Waals surface area contributed by atoms with Gasteiger partial charge in [0.25, 0.3) is 0 Å². The van der Waals surface area contributed by atoms with Crippen molar-refractivity contribution in [2.45, 2.75) is 65.2 Å². The lowest BCUT2D eigenvalue weighted by atomic mass is 9.68. The first-order chi connectivity index (χ1) is 9.87. The highest BCUT2D eigenvalue weighted by molar-refractivity contribution is 5.45. The zero-order valence-corrected chi connectivity index (χ0v) is 13.9. The minimum absolute atomic E-state index is 0.295. The Morgan fingerprint density at radius 3 is 2.62 bits per heavy atom. The lowest BCUT2D eigenvalue weighted by Gasteiger charge is -2.36. The number of aryl methyl sites for hydroxylation is 2. The maximum absolute atomic E-state index is 5.76. The average molecular weight is 282 g/mol. The Balaban J connectivity index is 2.03. The van der Waals surface area contributed by atoms with Crippen molar-refractivity contribution in [2.24, 2.45) is 0 Å². The van der Waals surface area contributed by atoms with Gasteiger partial charge in [0.2, 0.25) is 0 Å². The second kappa shape index (κ2) is 5.05. The summed E-state index contributed by atoms with van der Waals surface area (Å²) in [5.74, 6) is 2.75. The van der Waals surface area contributed by atoms with Crippen molar-refractivity contribution in [3.63, 3.8) is 0 Å². The zero-order valence-electron chi connectivity index (χ0n) is 13.9. The van der Waals surface area contributed by atoms with Gasteiger partial charge in [-0.2, -0.15) is 0 Å². The lowest BCUT2D eigenvalue weighted by molar-refractivity contribution is 0.401. The molecule has 0 fully saturated rings. The highest BCUT2D eigenvalue weighted by Gasteiger charge is 2.31. The molecule has 0 bridgehead atoms. The summed E-state index contributed by atoms with van der Waals surface area (Å²) in [4.78, 5) is 0. The largest absolute Gasteiger partial charge is 0.466 e. The summed E-state index contributed by atoms with van der Waals surface area (Å²) in [5.41, 5.74) is 6.20. The Labute approximate surface area is 128 Å². The molecule has 21 heavy (non-hydrogen) atoms. The Kier molecular flexibility index (Phi) is 3.47. The van der Waals surface area contributed by atoms with Crippen LogP contribution in [0, 0.1) is 13.8 Å². The fourth-order valence-electron chi connectivity index (χ4n) is 3.59. The predicted molar refractivity (Wildman–Crippen MR) is 88.1 cm³/mol. The molecule has 0 amide bonds. The van der Waals surface area contributed by atoms with Gasteiger partial charge in [-0.25, -0.2) is 0 Å². The van der Waals surface area contributed by atoms with E-state index in [-0.39, 0.29) is 0 Å². The molecule has 0 saturated heterocycles. The monoisotopic (exact) mass is 282 g/mol. The smallest absolute Gasteiger partial charge is 0.108 e. The summed E-state index contributed by atoms with van der Waals surface area (Å²) in [5, 5.41) is 0. The molecule has 1 aliphatic carbocycles. The van der Waals surface area contributed by atoms with Gasteiger partial charge in [0.05, 0.1) is 0 Å². The van der Waals surface area contributed by atoms with E-state index in [1.54, 1.807) is 11.1 Å². The third-order valence-corrected chi connectivity index (χ3v) is 5.13. The Morgan fingerprint density at radius 2 is 1.95 bits per heavy atom. The first-order valence-corrected chi connectivity index (χ1v) is 8.06. The number of rotatable bonds is 2. The van der Waals surface area contributed by atoms with E-state index >= 15 is 0 Å². The molecule has 2 aromatic rings. The van der Waals surface area contributed by atoms with Crippen LogP contribution in [-0.4, -0.2) is 0 Å². The maximum Gasteiger partial charge on any atom is 0.108 e. The molecule has 1 atom stereocenters. The SMILES string of the molecule is Cc1ccc(Cc2cc3c(cc2C)C(C)CCC3(C)C)o1. The number of benzene rings is 1. The zero-order chi connectivity index (χ0) is 15.2. The quantitative estimate of drug-likeness (QED) is 0.692. The molecule has 0 spiro atoms. The summed E-state index contributed by atoms with van der Waals surface area (Å²) in [6.07, 6.45) is 3.48. The molecule has 1 aromatic heterocycles. The van der Waals surface area contributed by atoms with Gasteiger partial charge in [-0.3, -0.25) is 0 Å². The van der Waals surface area contributed by atoms with Crippen LogP contribution < -0.4 is 0 Å². The van der Waals surface area contributed by atoms with E-state index < -0.39 is 0 Å². The molecule has 1 heterocycles. The molecule has 1 nitrogen and oxygen atoms in total. The van der Waals surface area contributed by atoms with E-state index in [0.29, 0.717) is 11.3 Å². The molecule has 0 aliphatic heterocycles. The number of furan rings is 1. The van der Waals surface area contributed by atoms with Crippen LogP contribution >= 0.6 is 0 Å². The van der Waals surface area contributed by atoms with Crippen molar-refractivity contribution in [1.29, 1.82) is 0 Å². The highest BCUT2D eigenvalue weighted by Crippen LogP contribution is 2.43. The Hall–Kier alpha value is -1.50. The van der Waals surface area contributed by atoms with Crippen LogP contribution in [0.1, 0.15) is 73.3 Å². The molecule has 112 valence electrons. The van der Waals surface area contributed by atoms with Crippen LogP contribution in [0.3, 0.4) is 0 Å². The summed E-state index contributed by atoms with van der Waals surface area (Å²) in [6, 6.07) is 9.02. The number of fused-ring (bicyclic) bond motifs is 1. The summed E-state index contributed by atoms with van der Waals surface area (Å²) in [7, 11) is 0. The molecular formula is C20H26O. The first kappa shape index (κ1) is 14.4. The number of hydrogen-bond donors (Lipinski definition) is 0. The van der Waals surface area contributed by atoms with Gasteiger partial charge in [0.1, 0.15) is 11.5 Å². The van der Waals surface area contributed by atoms with E-state index in [9.17, 15) is 0 Å². The van der Waals surface area contributed by atoms with Crippen molar-refractivity contribution < 1.29 is 4.42 Å². The minimum atomic E-state index is 0.295. The van der Waals surface area contributed by atoms with Crippen LogP contribution in [0.5, 0.6) is 0 Å². The van der Waals surface area contributed by atoms with Gasteiger partial charge in [-0.15, -0.1) is 0 Å². The number of hydrogen-bond acceptors (Lipinski definition) is 1. The topological polar surface area (TPSA) is 13.1 Å². The highest BCUT2D eigenvalue weighted by atomic mass is 16.3. The fourth-order valence-corrected chi connectivity index (χ4v) is 3.59. The molecule has 3 rings (SSSR count). The Morgan fingerprint density at radius 1 is 1.19 bits per heavy atom. The van der Waals surface area contributed by atoms with Gasteiger partial charge in [0.15, 0.2) is 0 Å². The molecule has 1 aromatic carbocycles. The predicted octanol–water partition coefficient (Wildman–Crippen LogP) is 5.66. The van der Waals surface area contributed by atoms with Crippen LogP contribution in [0.4, 0.5) is 0 Å². The minimum Gasteiger partial charge on any atom is -0.466 e. The second-order valence-electron chi connectivity index (χ2n) is 7.38. The summed E-state index contributed by atoms with van der Waals surface area (Å²) >= 11 is 0. The van der Waals surface area contributed by atoms with Crippen molar-refractivity contribution >= 4 is 0 Å². The molecule has 1 heteroatoms. The van der Waals surface area contributed by atoms with Crippen LogP contribution in [0.25, 0.3) is 0 Å². The lowest BCUT2D eigenvalue weighted by Crippen LogP contribution is -2.26. The summed E-state index contributed by atoms with van der Waals surface area (Å²) < 4.78 is 5.76. The van der Waals surface area contributed by atoms with Crippen LogP contribution in [0.15, 0.2) is 28.7 Å². The average Bonchev–Trinajstić information content (AvgIpc) is 2.82. The third kappa shape index (κ3) is 2.66. The molecule has 1 unspecified atom stereocenters. The van der Waals surface area contributed by atoms with Crippen LogP contribution in [0.2, 0.25) is 0 Å². The van der Waals surface area contributed by atoms with E-state index in [1.807, 2.05) is 6.92 Å². The third-order valence-electron chi connectivity index (χ3n) is 5.13. The normalized spacial score (nSPS) is 20.3. The summed E-state index contributed by atoms with van der Waals surface area (Å²) in [6.45, 7) is 11.4.